The van der Waals surface area contributed by atoms with Gasteiger partial charge in [0.15, 0.2) is 0 Å². The van der Waals surface area contributed by atoms with E-state index in [9.17, 15) is 4.57 Å². The van der Waals surface area contributed by atoms with Gasteiger partial charge in [0.05, 0.1) is 12.0 Å². The highest BCUT2D eigenvalue weighted by Gasteiger charge is 2.40. The van der Waals surface area contributed by atoms with Crippen LogP contribution in [-0.2, 0) is 13.6 Å². The quantitative estimate of drug-likeness (QED) is 0.759. The van der Waals surface area contributed by atoms with E-state index in [4.69, 9.17) is 13.8 Å². The predicted molar refractivity (Wildman–Crippen MR) is 64.0 cm³/mol. The summed E-state index contributed by atoms with van der Waals surface area (Å²) in [7, 11) is -2.07. The molecule has 0 spiro atoms. The highest BCUT2D eigenvalue weighted by molar-refractivity contribution is 7.33. The van der Waals surface area contributed by atoms with E-state index in [1.807, 2.05) is 45.0 Å². The molecule has 17 heavy (non-hydrogen) atoms. The zero-order valence-corrected chi connectivity index (χ0v) is 11.1. The molecule has 0 bridgehead atoms. The molecule has 1 saturated heterocycles. The molecule has 1 fully saturated rings. The summed E-state index contributed by atoms with van der Waals surface area (Å²) in [5.74, 6) is 0.746. The molecule has 1 aromatic rings. The number of para-hydroxylation sites is 1. The minimum Gasteiger partial charge on any atom is -0.463 e. The summed E-state index contributed by atoms with van der Waals surface area (Å²) < 4.78 is 27.3. The van der Waals surface area contributed by atoms with E-state index in [-0.39, 0.29) is 5.41 Å². The van der Waals surface area contributed by atoms with Gasteiger partial charge in [0.25, 0.3) is 0 Å². The molecule has 2 rings (SSSR count). The Hall–Kier alpha value is -0.960. The summed E-state index contributed by atoms with van der Waals surface area (Å²) >= 11 is 0. The number of ether oxygens (including phenoxy) is 1. The molecular weight excluding hydrogens is 239 g/mol. The lowest BCUT2D eigenvalue weighted by Crippen LogP contribution is -2.41. The molecule has 2 atom stereocenters. The maximum absolute atomic E-state index is 11.3. The van der Waals surface area contributed by atoms with Crippen LogP contribution in [0.15, 0.2) is 24.3 Å². The lowest BCUT2D eigenvalue weighted by molar-refractivity contribution is -0.125. The van der Waals surface area contributed by atoms with Gasteiger partial charge >= 0.3 is 8.25 Å². The summed E-state index contributed by atoms with van der Waals surface area (Å²) in [6, 6.07) is 7.67. The van der Waals surface area contributed by atoms with E-state index in [0.29, 0.717) is 6.61 Å². The van der Waals surface area contributed by atoms with Crippen molar-refractivity contribution in [1.82, 2.24) is 0 Å². The molecule has 2 unspecified atom stereocenters. The molecule has 1 heterocycles. The van der Waals surface area contributed by atoms with E-state index in [2.05, 4.69) is 0 Å². The highest BCUT2D eigenvalue weighted by atomic mass is 31.1. The van der Waals surface area contributed by atoms with Crippen molar-refractivity contribution < 1.29 is 18.3 Å². The molecule has 1 aromatic carbocycles. The largest absolute Gasteiger partial charge is 0.463 e. The van der Waals surface area contributed by atoms with E-state index in [1.165, 1.54) is 0 Å². The fourth-order valence-corrected chi connectivity index (χ4v) is 2.51. The van der Waals surface area contributed by atoms with Crippen molar-refractivity contribution in [3.8, 4) is 5.75 Å². The molecule has 1 aliphatic rings. The van der Waals surface area contributed by atoms with Gasteiger partial charge in [0.2, 0.25) is 6.29 Å². The molecule has 0 saturated carbocycles. The van der Waals surface area contributed by atoms with E-state index in [0.717, 1.165) is 11.3 Å². The van der Waals surface area contributed by atoms with Gasteiger partial charge < -0.3 is 4.74 Å². The molecule has 0 aliphatic carbocycles. The Morgan fingerprint density at radius 3 is 2.82 bits per heavy atom. The number of benzene rings is 1. The van der Waals surface area contributed by atoms with Crippen molar-refractivity contribution in [3.05, 3.63) is 29.8 Å². The first kappa shape index (κ1) is 12.5. The van der Waals surface area contributed by atoms with Crippen LogP contribution >= 0.6 is 8.25 Å². The average molecular weight is 255 g/mol. The monoisotopic (exact) mass is 255 g/mol. The van der Waals surface area contributed by atoms with Gasteiger partial charge in [0, 0.05) is 0 Å². The maximum atomic E-state index is 11.3. The van der Waals surface area contributed by atoms with Crippen molar-refractivity contribution >= 4 is 8.25 Å². The van der Waals surface area contributed by atoms with Crippen molar-refractivity contribution in [2.75, 3.05) is 6.61 Å². The summed E-state index contributed by atoms with van der Waals surface area (Å²) in [5.41, 5.74) is 0.694. The smallest absolute Gasteiger partial charge is 0.372 e. The predicted octanol–water partition coefficient (Wildman–Crippen LogP) is 3.43. The lowest BCUT2D eigenvalue weighted by Gasteiger charge is -2.36. The highest BCUT2D eigenvalue weighted by Crippen LogP contribution is 2.42. The second-order valence-electron chi connectivity index (χ2n) is 4.81. The zero-order chi connectivity index (χ0) is 12.5. The van der Waals surface area contributed by atoms with Crippen molar-refractivity contribution in [1.29, 1.82) is 0 Å². The fourth-order valence-electron chi connectivity index (χ4n) is 1.52. The summed E-state index contributed by atoms with van der Waals surface area (Å²) in [6.07, 6.45) is -0.555. The minimum absolute atomic E-state index is 0.328. The fraction of sp³-hybridized carbons (Fsp3) is 0.500. The molecule has 1 aliphatic heterocycles. The van der Waals surface area contributed by atoms with Crippen molar-refractivity contribution in [2.45, 2.75) is 27.1 Å². The second-order valence-corrected chi connectivity index (χ2v) is 5.72. The van der Waals surface area contributed by atoms with Crippen LogP contribution in [0.4, 0.5) is 0 Å². The Labute approximate surface area is 102 Å². The Morgan fingerprint density at radius 1 is 1.41 bits per heavy atom. The summed E-state index contributed by atoms with van der Waals surface area (Å²) in [6.45, 7) is 6.23. The Balaban J connectivity index is 2.16. The van der Waals surface area contributed by atoms with Crippen LogP contribution in [0.1, 0.15) is 19.4 Å². The van der Waals surface area contributed by atoms with Crippen LogP contribution in [0.3, 0.4) is 0 Å². The first-order valence-corrected chi connectivity index (χ1v) is 6.58. The van der Waals surface area contributed by atoms with Crippen LogP contribution in [0.2, 0.25) is 0 Å². The van der Waals surface area contributed by atoms with Crippen LogP contribution in [-0.4, -0.2) is 12.9 Å². The van der Waals surface area contributed by atoms with Crippen molar-refractivity contribution in [2.24, 2.45) is 5.41 Å². The third kappa shape index (κ3) is 2.83. The maximum Gasteiger partial charge on any atom is 0.372 e. The molecule has 4 nitrogen and oxygen atoms in total. The molecule has 5 heteroatoms. The zero-order valence-electron chi connectivity index (χ0n) is 10.2. The first-order chi connectivity index (χ1) is 7.99. The van der Waals surface area contributed by atoms with Gasteiger partial charge in [-0.25, -0.2) is 9.09 Å². The van der Waals surface area contributed by atoms with Gasteiger partial charge in [-0.2, -0.15) is 0 Å². The van der Waals surface area contributed by atoms with Crippen LogP contribution in [0.5, 0.6) is 5.75 Å². The first-order valence-electron chi connectivity index (χ1n) is 5.48. The third-order valence-corrected chi connectivity index (χ3v) is 3.39. The van der Waals surface area contributed by atoms with Crippen LogP contribution in [0.25, 0.3) is 0 Å². The van der Waals surface area contributed by atoms with Crippen LogP contribution < -0.4 is 4.74 Å². The molecular formula is C12H16O4P. The lowest BCUT2D eigenvalue weighted by atomic mass is 9.94. The van der Waals surface area contributed by atoms with Gasteiger partial charge in [-0.1, -0.05) is 32.0 Å². The van der Waals surface area contributed by atoms with Gasteiger partial charge in [-0.3, -0.25) is 4.52 Å². The number of hydrogen-bond donors (Lipinski definition) is 0. The van der Waals surface area contributed by atoms with E-state index >= 15 is 0 Å². The van der Waals surface area contributed by atoms with Crippen LogP contribution in [0, 0.1) is 12.3 Å². The third-order valence-electron chi connectivity index (χ3n) is 2.69. The molecule has 1 radical (unpaired) electrons. The molecule has 93 valence electrons. The molecule has 0 amide bonds. The number of hydrogen-bond acceptors (Lipinski definition) is 4. The second kappa shape index (κ2) is 4.73. The number of rotatable bonds is 2. The Kier molecular flexibility index (Phi) is 3.48. The Bertz CT molecular complexity index is 430. The van der Waals surface area contributed by atoms with Gasteiger partial charge in [-0.15, -0.1) is 0 Å². The summed E-state index contributed by atoms with van der Waals surface area (Å²) in [5, 5.41) is 0. The normalized spacial score (nSPS) is 25.6. The number of aryl methyl sites for hydroxylation is 1. The van der Waals surface area contributed by atoms with E-state index < -0.39 is 14.5 Å². The summed E-state index contributed by atoms with van der Waals surface area (Å²) in [4.78, 5) is 0. The van der Waals surface area contributed by atoms with Crippen molar-refractivity contribution in [3.63, 3.8) is 0 Å². The molecule has 0 aromatic heterocycles. The Morgan fingerprint density at radius 2 is 2.12 bits per heavy atom. The van der Waals surface area contributed by atoms with Gasteiger partial charge in [-0.05, 0) is 18.6 Å². The van der Waals surface area contributed by atoms with Gasteiger partial charge in [0.1, 0.15) is 5.75 Å². The standard InChI is InChI=1S/C12H16O4P/c1-9-6-4-5-7-10(9)15-11-12(2,3)8-14-17(13)16-11/h4-7,11H,8H2,1-3H3. The SMILES string of the molecule is Cc1ccccc1OC1O[P](=O)OCC1(C)C. The van der Waals surface area contributed by atoms with E-state index in [1.54, 1.807) is 0 Å². The molecule has 0 N–H and O–H groups in total. The topological polar surface area (TPSA) is 44.8 Å². The minimum atomic E-state index is -2.07. The average Bonchev–Trinajstić information content (AvgIpc) is 2.27.